The predicted octanol–water partition coefficient (Wildman–Crippen LogP) is 3.83. The third kappa shape index (κ3) is 2.24. The quantitative estimate of drug-likeness (QED) is 0.649. The van der Waals surface area contributed by atoms with Gasteiger partial charge in [0.1, 0.15) is 0 Å². The van der Waals surface area contributed by atoms with Gasteiger partial charge in [0.2, 0.25) is 0 Å². The predicted molar refractivity (Wildman–Crippen MR) is 67.4 cm³/mol. The fourth-order valence-corrected chi connectivity index (χ4v) is 2.17. The van der Waals surface area contributed by atoms with Gasteiger partial charge in [-0.15, -0.1) is 0 Å². The second kappa shape index (κ2) is 4.65. The highest BCUT2D eigenvalue weighted by Gasteiger charge is 2.14. The van der Waals surface area contributed by atoms with Gasteiger partial charge in [-0.3, -0.25) is 4.79 Å². The molecule has 1 aromatic carbocycles. The highest BCUT2D eigenvalue weighted by molar-refractivity contribution is 6.00. The topological polar surface area (TPSA) is 17.1 Å². The van der Waals surface area contributed by atoms with E-state index in [0.717, 1.165) is 31.3 Å². The average molecular weight is 214 g/mol. The van der Waals surface area contributed by atoms with Crippen LogP contribution in [0.2, 0.25) is 0 Å². The zero-order chi connectivity index (χ0) is 11.5. The van der Waals surface area contributed by atoms with E-state index in [9.17, 15) is 4.79 Å². The zero-order valence-corrected chi connectivity index (χ0v) is 10.0. The molecule has 0 heterocycles. The number of Topliss-reactive ketones (excluding diaryl/α,β-unsaturated/α-hetero) is 1. The molecule has 0 amide bonds. The Hall–Kier alpha value is -1.37. The molecule has 0 aromatic heterocycles. The van der Waals surface area contributed by atoms with Gasteiger partial charge in [-0.1, -0.05) is 18.2 Å². The van der Waals surface area contributed by atoms with Gasteiger partial charge < -0.3 is 0 Å². The van der Waals surface area contributed by atoms with Crippen molar-refractivity contribution in [2.45, 2.75) is 39.5 Å². The molecule has 1 fully saturated rings. The number of carbonyl (C=O) groups excluding carboxylic acids is 1. The third-order valence-corrected chi connectivity index (χ3v) is 3.43. The van der Waals surface area contributed by atoms with Gasteiger partial charge in [0.15, 0.2) is 5.78 Å². The summed E-state index contributed by atoms with van der Waals surface area (Å²) < 4.78 is 0. The lowest BCUT2D eigenvalue weighted by Gasteiger charge is -2.13. The smallest absolute Gasteiger partial charge is 0.158 e. The van der Waals surface area contributed by atoms with Crippen molar-refractivity contribution in [2.24, 2.45) is 0 Å². The van der Waals surface area contributed by atoms with Crippen molar-refractivity contribution in [2.75, 3.05) is 0 Å². The summed E-state index contributed by atoms with van der Waals surface area (Å²) in [5.41, 5.74) is 4.79. The van der Waals surface area contributed by atoms with Crippen LogP contribution >= 0.6 is 0 Å². The maximum Gasteiger partial charge on any atom is 0.158 e. The van der Waals surface area contributed by atoms with E-state index in [0.29, 0.717) is 5.78 Å². The summed E-state index contributed by atoms with van der Waals surface area (Å²) in [5.74, 6) is 0.340. The molecule has 16 heavy (non-hydrogen) atoms. The maximum atomic E-state index is 11.7. The summed E-state index contributed by atoms with van der Waals surface area (Å²) in [6.07, 6.45) is 5.98. The Morgan fingerprint density at radius 2 is 1.88 bits per heavy atom. The van der Waals surface area contributed by atoms with Gasteiger partial charge in [0, 0.05) is 6.42 Å². The van der Waals surface area contributed by atoms with Crippen LogP contribution < -0.4 is 0 Å². The lowest BCUT2D eigenvalue weighted by atomic mass is 9.91. The van der Waals surface area contributed by atoms with E-state index in [2.05, 4.69) is 38.1 Å². The molecule has 84 valence electrons. The van der Waals surface area contributed by atoms with E-state index in [1.165, 1.54) is 16.7 Å². The number of ketones is 1. The van der Waals surface area contributed by atoms with Crippen LogP contribution in [0.25, 0.3) is 6.08 Å². The molecule has 0 N–H and O–H groups in total. The largest absolute Gasteiger partial charge is 0.295 e. The molecule has 1 heteroatoms. The first-order chi connectivity index (χ1) is 7.68. The van der Waals surface area contributed by atoms with Crippen LogP contribution in [0, 0.1) is 13.8 Å². The molecule has 0 atom stereocenters. The third-order valence-electron chi connectivity index (χ3n) is 3.43. The minimum Gasteiger partial charge on any atom is -0.295 e. The molecule has 1 aliphatic rings. The fourth-order valence-electron chi connectivity index (χ4n) is 2.17. The Labute approximate surface area is 97.2 Å². The second-order valence-corrected chi connectivity index (χ2v) is 4.59. The number of hydrogen-bond donors (Lipinski definition) is 0. The van der Waals surface area contributed by atoms with Gasteiger partial charge in [-0.2, -0.15) is 0 Å². The first kappa shape index (κ1) is 11.1. The zero-order valence-electron chi connectivity index (χ0n) is 10.0. The molecule has 1 aliphatic carbocycles. The van der Waals surface area contributed by atoms with Gasteiger partial charge in [0.25, 0.3) is 0 Å². The fraction of sp³-hybridized carbons (Fsp3) is 0.400. The van der Waals surface area contributed by atoms with Crippen LogP contribution in [0.15, 0.2) is 23.8 Å². The Kier molecular flexibility index (Phi) is 3.23. The SMILES string of the molecule is Cc1cccc(/C=C2/CCCCC2=O)c1C. The van der Waals surface area contributed by atoms with Crippen LogP contribution in [0.1, 0.15) is 42.4 Å². The van der Waals surface area contributed by atoms with E-state index in [-0.39, 0.29) is 0 Å². The number of allylic oxidation sites excluding steroid dienone is 1. The highest BCUT2D eigenvalue weighted by atomic mass is 16.1. The van der Waals surface area contributed by atoms with E-state index in [4.69, 9.17) is 0 Å². The Morgan fingerprint density at radius 1 is 1.12 bits per heavy atom. The van der Waals surface area contributed by atoms with E-state index in [1.807, 2.05) is 0 Å². The van der Waals surface area contributed by atoms with Crippen LogP contribution in [-0.4, -0.2) is 5.78 Å². The summed E-state index contributed by atoms with van der Waals surface area (Å²) in [7, 11) is 0. The first-order valence-corrected chi connectivity index (χ1v) is 5.98. The lowest BCUT2D eigenvalue weighted by molar-refractivity contribution is -0.116. The Bertz CT molecular complexity index is 441. The molecule has 0 bridgehead atoms. The van der Waals surface area contributed by atoms with Crippen molar-refractivity contribution in [3.05, 3.63) is 40.5 Å². The molecule has 0 unspecified atom stereocenters. The van der Waals surface area contributed by atoms with E-state index < -0.39 is 0 Å². The molecule has 1 nitrogen and oxygen atoms in total. The summed E-state index contributed by atoms with van der Waals surface area (Å²) >= 11 is 0. The average Bonchev–Trinajstić information content (AvgIpc) is 2.28. The van der Waals surface area contributed by atoms with Crippen LogP contribution in [-0.2, 0) is 4.79 Å². The molecule has 2 rings (SSSR count). The van der Waals surface area contributed by atoms with Crippen molar-refractivity contribution in [3.8, 4) is 0 Å². The number of carbonyl (C=O) groups is 1. The van der Waals surface area contributed by atoms with Gasteiger partial charge in [0.05, 0.1) is 0 Å². The molecule has 0 aliphatic heterocycles. The summed E-state index contributed by atoms with van der Waals surface area (Å²) in [6.45, 7) is 4.23. The summed E-state index contributed by atoms with van der Waals surface area (Å²) in [4.78, 5) is 11.7. The first-order valence-electron chi connectivity index (χ1n) is 5.98. The minimum absolute atomic E-state index is 0.340. The molecule has 0 radical (unpaired) electrons. The van der Waals surface area contributed by atoms with Gasteiger partial charge >= 0.3 is 0 Å². The van der Waals surface area contributed by atoms with Crippen molar-refractivity contribution in [1.82, 2.24) is 0 Å². The van der Waals surface area contributed by atoms with E-state index in [1.54, 1.807) is 0 Å². The monoisotopic (exact) mass is 214 g/mol. The summed E-state index contributed by atoms with van der Waals surface area (Å²) in [5, 5.41) is 0. The van der Waals surface area contributed by atoms with Crippen molar-refractivity contribution < 1.29 is 4.79 Å². The summed E-state index contributed by atoms with van der Waals surface area (Å²) in [6, 6.07) is 6.26. The van der Waals surface area contributed by atoms with Crippen molar-refractivity contribution >= 4 is 11.9 Å². The van der Waals surface area contributed by atoms with Gasteiger partial charge in [-0.05, 0) is 61.4 Å². The molecular weight excluding hydrogens is 196 g/mol. The highest BCUT2D eigenvalue weighted by Crippen LogP contribution is 2.24. The maximum absolute atomic E-state index is 11.7. The number of aryl methyl sites for hydroxylation is 1. The Morgan fingerprint density at radius 3 is 2.62 bits per heavy atom. The molecule has 0 saturated heterocycles. The molecule has 1 saturated carbocycles. The molecule has 0 spiro atoms. The minimum atomic E-state index is 0.340. The lowest BCUT2D eigenvalue weighted by Crippen LogP contribution is -2.08. The van der Waals surface area contributed by atoms with E-state index >= 15 is 0 Å². The number of rotatable bonds is 1. The van der Waals surface area contributed by atoms with Crippen molar-refractivity contribution in [3.63, 3.8) is 0 Å². The van der Waals surface area contributed by atoms with Gasteiger partial charge in [-0.25, -0.2) is 0 Å². The molecular formula is C15H18O. The number of benzene rings is 1. The van der Waals surface area contributed by atoms with Crippen LogP contribution in [0.5, 0.6) is 0 Å². The normalized spacial score (nSPS) is 19.1. The molecule has 1 aromatic rings. The second-order valence-electron chi connectivity index (χ2n) is 4.59. The number of hydrogen-bond acceptors (Lipinski definition) is 1. The van der Waals surface area contributed by atoms with Crippen LogP contribution in [0.4, 0.5) is 0 Å². The van der Waals surface area contributed by atoms with Crippen molar-refractivity contribution in [1.29, 1.82) is 0 Å². The Balaban J connectivity index is 2.34. The van der Waals surface area contributed by atoms with Crippen LogP contribution in [0.3, 0.4) is 0 Å². The standard InChI is InChI=1S/C15H18O/c1-11-6-5-8-13(12(11)2)10-14-7-3-4-9-15(14)16/h5-6,8,10H,3-4,7,9H2,1-2H3/b14-10-.